The van der Waals surface area contributed by atoms with Gasteiger partial charge in [0.2, 0.25) is 11.7 Å². The van der Waals surface area contributed by atoms with Crippen molar-refractivity contribution < 1.29 is 9.18 Å². The lowest BCUT2D eigenvalue weighted by Crippen LogP contribution is -2.13. The minimum Gasteiger partial charge on any atom is -0.366 e. The highest BCUT2D eigenvalue weighted by molar-refractivity contribution is 5.98. The van der Waals surface area contributed by atoms with Crippen molar-refractivity contribution in [3.8, 4) is 11.4 Å². The van der Waals surface area contributed by atoms with Crippen molar-refractivity contribution in [1.82, 2.24) is 20.6 Å². The topological polar surface area (TPSA) is 97.5 Å². The van der Waals surface area contributed by atoms with Gasteiger partial charge in [-0.25, -0.2) is 4.39 Å². The molecule has 0 unspecified atom stereocenters. The molecule has 76 valence electrons. The second-order valence-electron chi connectivity index (χ2n) is 2.79. The van der Waals surface area contributed by atoms with Crippen molar-refractivity contribution in [2.45, 2.75) is 0 Å². The maximum Gasteiger partial charge on any atom is 0.249 e. The fourth-order valence-electron chi connectivity index (χ4n) is 1.19. The van der Waals surface area contributed by atoms with Crippen LogP contribution in [0.3, 0.4) is 0 Å². The average Bonchev–Trinajstić information content (AvgIpc) is 2.70. The van der Waals surface area contributed by atoms with Crippen molar-refractivity contribution in [1.29, 1.82) is 0 Å². The molecule has 0 saturated heterocycles. The van der Waals surface area contributed by atoms with E-state index in [-0.39, 0.29) is 11.4 Å². The summed E-state index contributed by atoms with van der Waals surface area (Å²) in [6.45, 7) is 0. The van der Waals surface area contributed by atoms with E-state index in [0.29, 0.717) is 5.56 Å². The Hall–Kier alpha value is -2.31. The average molecular weight is 207 g/mol. The third-order valence-corrected chi connectivity index (χ3v) is 1.83. The van der Waals surface area contributed by atoms with E-state index in [9.17, 15) is 9.18 Å². The normalized spacial score (nSPS) is 10.2. The minimum atomic E-state index is -0.741. The van der Waals surface area contributed by atoms with Crippen molar-refractivity contribution in [2.75, 3.05) is 0 Å². The van der Waals surface area contributed by atoms with Gasteiger partial charge in [0.15, 0.2) is 0 Å². The molecule has 0 fully saturated rings. The predicted octanol–water partition coefficient (Wildman–Crippen LogP) is 0.105. The maximum absolute atomic E-state index is 12.9. The van der Waals surface area contributed by atoms with E-state index in [1.165, 1.54) is 12.1 Å². The van der Waals surface area contributed by atoms with E-state index in [4.69, 9.17) is 5.73 Å². The maximum atomic E-state index is 12.9. The van der Waals surface area contributed by atoms with Gasteiger partial charge in [-0.15, -0.1) is 10.2 Å². The molecule has 1 aromatic heterocycles. The summed E-state index contributed by atoms with van der Waals surface area (Å²) in [4.78, 5) is 11.0. The van der Waals surface area contributed by atoms with Crippen LogP contribution in [0, 0.1) is 5.82 Å². The fourth-order valence-corrected chi connectivity index (χ4v) is 1.19. The lowest BCUT2D eigenvalue weighted by molar-refractivity contribution is 0.100. The molecule has 2 aromatic rings. The number of nitrogens with two attached hydrogens (primary N) is 1. The van der Waals surface area contributed by atoms with Crippen molar-refractivity contribution in [2.24, 2.45) is 5.73 Å². The summed E-state index contributed by atoms with van der Waals surface area (Å²) in [6, 6.07) is 3.60. The van der Waals surface area contributed by atoms with Crippen LogP contribution in [0.5, 0.6) is 0 Å². The highest BCUT2D eigenvalue weighted by Crippen LogP contribution is 2.19. The first-order valence-electron chi connectivity index (χ1n) is 4.01. The summed E-state index contributed by atoms with van der Waals surface area (Å²) in [6.07, 6.45) is 0. The molecule has 0 bridgehead atoms. The second kappa shape index (κ2) is 3.45. The van der Waals surface area contributed by atoms with Gasteiger partial charge in [0.1, 0.15) is 5.82 Å². The zero-order chi connectivity index (χ0) is 10.8. The SMILES string of the molecule is NC(=O)c1cc(F)ccc1-c1nn[nH]n1. The van der Waals surface area contributed by atoms with Crippen LogP contribution in [-0.4, -0.2) is 26.5 Å². The number of hydrogen-bond acceptors (Lipinski definition) is 4. The predicted molar refractivity (Wildman–Crippen MR) is 48.1 cm³/mol. The molecular weight excluding hydrogens is 201 g/mol. The standard InChI is InChI=1S/C8H6FN5O/c9-4-1-2-5(6(3-4)7(10)15)8-11-13-14-12-8/h1-3H,(H2,10,15)(H,11,12,13,14). The van der Waals surface area contributed by atoms with Crippen LogP contribution in [0.2, 0.25) is 0 Å². The van der Waals surface area contributed by atoms with Gasteiger partial charge in [0.25, 0.3) is 0 Å². The van der Waals surface area contributed by atoms with Crippen LogP contribution in [0.25, 0.3) is 11.4 Å². The summed E-state index contributed by atoms with van der Waals surface area (Å²) in [5.74, 6) is -1.09. The molecule has 15 heavy (non-hydrogen) atoms. The fraction of sp³-hybridized carbons (Fsp3) is 0. The van der Waals surface area contributed by atoms with Gasteiger partial charge >= 0.3 is 0 Å². The van der Waals surface area contributed by atoms with Gasteiger partial charge < -0.3 is 5.73 Å². The monoisotopic (exact) mass is 207 g/mol. The van der Waals surface area contributed by atoms with Gasteiger partial charge in [-0.3, -0.25) is 4.79 Å². The highest BCUT2D eigenvalue weighted by Gasteiger charge is 2.14. The van der Waals surface area contributed by atoms with Gasteiger partial charge in [-0.05, 0) is 23.4 Å². The quantitative estimate of drug-likeness (QED) is 0.729. The molecule has 1 amide bonds. The summed E-state index contributed by atoms with van der Waals surface area (Å²) in [5, 5.41) is 12.9. The lowest BCUT2D eigenvalue weighted by atomic mass is 10.1. The molecule has 0 saturated carbocycles. The first kappa shape index (κ1) is 9.25. The summed E-state index contributed by atoms with van der Waals surface area (Å²) in [5.41, 5.74) is 5.47. The number of carbonyl (C=O) groups is 1. The molecule has 2 rings (SSSR count). The Morgan fingerprint density at radius 1 is 1.47 bits per heavy atom. The zero-order valence-electron chi connectivity index (χ0n) is 7.44. The van der Waals surface area contributed by atoms with Gasteiger partial charge in [0, 0.05) is 5.56 Å². The third kappa shape index (κ3) is 1.66. The number of halogens is 1. The number of benzene rings is 1. The van der Waals surface area contributed by atoms with Crippen LogP contribution in [-0.2, 0) is 0 Å². The number of amides is 1. The number of tetrazole rings is 1. The summed E-state index contributed by atoms with van der Waals surface area (Å²) < 4.78 is 12.9. The molecule has 0 aliphatic rings. The molecule has 7 heteroatoms. The second-order valence-corrected chi connectivity index (χ2v) is 2.79. The number of nitrogens with zero attached hydrogens (tertiary/aromatic N) is 3. The summed E-state index contributed by atoms with van der Waals surface area (Å²) >= 11 is 0. The van der Waals surface area contributed by atoms with Crippen molar-refractivity contribution in [3.63, 3.8) is 0 Å². The molecule has 0 radical (unpaired) electrons. The van der Waals surface area contributed by atoms with E-state index < -0.39 is 11.7 Å². The van der Waals surface area contributed by atoms with E-state index in [1.54, 1.807) is 0 Å². The molecule has 0 spiro atoms. The number of hydrogen-bond donors (Lipinski definition) is 2. The first-order valence-corrected chi connectivity index (χ1v) is 4.01. The van der Waals surface area contributed by atoms with Crippen LogP contribution < -0.4 is 5.73 Å². The van der Waals surface area contributed by atoms with E-state index in [0.717, 1.165) is 6.07 Å². The lowest BCUT2D eigenvalue weighted by Gasteiger charge is -2.01. The van der Waals surface area contributed by atoms with Crippen LogP contribution >= 0.6 is 0 Å². The number of nitrogens with one attached hydrogen (secondary N) is 1. The van der Waals surface area contributed by atoms with Gasteiger partial charge in [-0.2, -0.15) is 5.21 Å². The Morgan fingerprint density at radius 3 is 2.87 bits per heavy atom. The number of aromatic amines is 1. The molecule has 3 N–H and O–H groups in total. The molecule has 1 heterocycles. The van der Waals surface area contributed by atoms with Crippen LogP contribution in [0.4, 0.5) is 4.39 Å². The molecule has 1 aromatic carbocycles. The van der Waals surface area contributed by atoms with E-state index >= 15 is 0 Å². The van der Waals surface area contributed by atoms with Gasteiger partial charge in [0.05, 0.1) is 5.56 Å². The Bertz CT molecular complexity index is 496. The molecule has 0 aliphatic heterocycles. The van der Waals surface area contributed by atoms with Crippen molar-refractivity contribution in [3.05, 3.63) is 29.6 Å². The number of aromatic nitrogens is 4. The Labute approximate surface area is 83.3 Å². The summed E-state index contributed by atoms with van der Waals surface area (Å²) in [7, 11) is 0. The largest absolute Gasteiger partial charge is 0.366 e. The van der Waals surface area contributed by atoms with Gasteiger partial charge in [-0.1, -0.05) is 0 Å². The molecular formula is C8H6FN5O. The zero-order valence-corrected chi connectivity index (χ0v) is 7.44. The van der Waals surface area contributed by atoms with E-state index in [1.807, 2.05) is 0 Å². The molecule has 0 aliphatic carbocycles. The highest BCUT2D eigenvalue weighted by atomic mass is 19.1. The first-order chi connectivity index (χ1) is 7.18. The third-order valence-electron chi connectivity index (χ3n) is 1.83. The van der Waals surface area contributed by atoms with Crippen molar-refractivity contribution >= 4 is 5.91 Å². The smallest absolute Gasteiger partial charge is 0.249 e. The van der Waals surface area contributed by atoms with Crippen LogP contribution in [0.1, 0.15) is 10.4 Å². The Balaban J connectivity index is 2.61. The van der Waals surface area contributed by atoms with Crippen LogP contribution in [0.15, 0.2) is 18.2 Å². The number of carbonyl (C=O) groups excluding carboxylic acids is 1. The number of H-pyrrole nitrogens is 1. The Kier molecular flexibility index (Phi) is 2.13. The molecule has 0 atom stereocenters. The number of primary amides is 1. The number of rotatable bonds is 2. The molecule has 6 nitrogen and oxygen atoms in total. The van der Waals surface area contributed by atoms with E-state index in [2.05, 4.69) is 20.6 Å². The minimum absolute atomic E-state index is 0.0244. The Morgan fingerprint density at radius 2 is 2.27 bits per heavy atom.